The molecule has 0 bridgehead atoms. The molecule has 1 aliphatic heterocycles. The largest absolute Gasteiger partial charge is 0.361 e. The molecule has 1 aromatic heterocycles. The van der Waals surface area contributed by atoms with Crippen molar-refractivity contribution in [3.63, 3.8) is 0 Å². The molecule has 2 heterocycles. The highest BCUT2D eigenvalue weighted by Gasteiger charge is 2.31. The van der Waals surface area contributed by atoms with Crippen LogP contribution in [0.1, 0.15) is 32.3 Å². The summed E-state index contributed by atoms with van der Waals surface area (Å²) in [5, 5.41) is 4.00. The summed E-state index contributed by atoms with van der Waals surface area (Å²) in [6.07, 6.45) is 3.98. The summed E-state index contributed by atoms with van der Waals surface area (Å²) < 4.78 is 27.6. The van der Waals surface area contributed by atoms with Crippen molar-refractivity contribution >= 4 is 32.5 Å². The van der Waals surface area contributed by atoms with E-state index in [0.29, 0.717) is 43.5 Å². The molecule has 0 aliphatic carbocycles. The van der Waals surface area contributed by atoms with Gasteiger partial charge in [-0.2, -0.15) is 4.31 Å². The lowest BCUT2D eigenvalue weighted by Gasteiger charge is -2.34. The van der Waals surface area contributed by atoms with Crippen molar-refractivity contribution in [3.05, 3.63) is 60.3 Å². The Hall–Kier alpha value is -2.64. The van der Waals surface area contributed by atoms with E-state index in [1.807, 2.05) is 30.5 Å². The highest BCUT2D eigenvalue weighted by molar-refractivity contribution is 7.89. The first-order chi connectivity index (χ1) is 14.8. The lowest BCUT2D eigenvalue weighted by Crippen LogP contribution is -2.42. The fraction of sp³-hybridized carbons (Fsp3) is 0.375. The molecule has 6 nitrogen and oxygen atoms in total. The van der Waals surface area contributed by atoms with Crippen LogP contribution in [0.3, 0.4) is 0 Å². The van der Waals surface area contributed by atoms with E-state index in [1.54, 1.807) is 28.6 Å². The van der Waals surface area contributed by atoms with Crippen molar-refractivity contribution in [3.8, 4) is 0 Å². The maximum atomic E-state index is 13.0. The number of aromatic amines is 1. The second kappa shape index (κ2) is 8.85. The number of hydrogen-bond donors (Lipinski definition) is 2. The van der Waals surface area contributed by atoms with Gasteiger partial charge in [0, 0.05) is 42.3 Å². The summed E-state index contributed by atoms with van der Waals surface area (Å²) in [6, 6.07) is 14.5. The van der Waals surface area contributed by atoms with Crippen LogP contribution in [-0.4, -0.2) is 36.7 Å². The number of nitrogens with one attached hydrogen (secondary N) is 2. The predicted octanol–water partition coefficient (Wildman–Crippen LogP) is 4.41. The molecule has 2 N–H and O–H groups in total. The number of benzene rings is 2. The monoisotopic (exact) mass is 439 g/mol. The van der Waals surface area contributed by atoms with Crippen LogP contribution in [0.5, 0.6) is 0 Å². The number of rotatable bonds is 6. The molecule has 0 radical (unpaired) electrons. The highest BCUT2D eigenvalue weighted by Crippen LogP contribution is 2.27. The molecule has 3 aromatic rings. The van der Waals surface area contributed by atoms with Gasteiger partial charge in [-0.25, -0.2) is 8.42 Å². The van der Waals surface area contributed by atoms with Crippen LogP contribution >= 0.6 is 0 Å². The van der Waals surface area contributed by atoms with E-state index in [2.05, 4.69) is 24.1 Å². The molecule has 1 aliphatic rings. The second-order valence-electron chi connectivity index (χ2n) is 8.70. The van der Waals surface area contributed by atoms with Gasteiger partial charge in [0.05, 0.1) is 4.90 Å². The fourth-order valence-electron chi connectivity index (χ4n) is 4.47. The number of para-hydroxylation sites is 1. The topological polar surface area (TPSA) is 82.3 Å². The molecule has 7 heteroatoms. The third-order valence-electron chi connectivity index (χ3n) is 5.91. The maximum Gasteiger partial charge on any atom is 0.243 e. The summed E-state index contributed by atoms with van der Waals surface area (Å²) >= 11 is 0. The van der Waals surface area contributed by atoms with Crippen molar-refractivity contribution in [1.82, 2.24) is 9.29 Å². The average Bonchev–Trinajstić information content (AvgIpc) is 3.15. The van der Waals surface area contributed by atoms with Gasteiger partial charge < -0.3 is 10.3 Å². The van der Waals surface area contributed by atoms with Gasteiger partial charge in [0.15, 0.2) is 0 Å². The lowest BCUT2D eigenvalue weighted by molar-refractivity contribution is -0.116. The minimum Gasteiger partial charge on any atom is -0.361 e. The third-order valence-corrected chi connectivity index (χ3v) is 7.75. The number of carbonyl (C=O) groups excluding carboxylic acids is 1. The zero-order valence-corrected chi connectivity index (χ0v) is 18.8. The number of H-pyrrole nitrogens is 1. The van der Waals surface area contributed by atoms with Crippen molar-refractivity contribution in [2.24, 2.45) is 11.8 Å². The van der Waals surface area contributed by atoms with Crippen LogP contribution in [0.2, 0.25) is 0 Å². The number of carbonyl (C=O) groups is 1. The molecule has 1 saturated heterocycles. The lowest BCUT2D eigenvalue weighted by atomic mass is 9.94. The van der Waals surface area contributed by atoms with Gasteiger partial charge >= 0.3 is 0 Å². The first-order valence-electron chi connectivity index (χ1n) is 10.8. The van der Waals surface area contributed by atoms with Crippen LogP contribution in [0, 0.1) is 11.8 Å². The van der Waals surface area contributed by atoms with Gasteiger partial charge in [-0.15, -0.1) is 0 Å². The summed E-state index contributed by atoms with van der Waals surface area (Å²) in [5.74, 6) is 0.614. The van der Waals surface area contributed by atoms with Gasteiger partial charge in [-0.3, -0.25) is 4.79 Å². The number of aromatic nitrogens is 1. The smallest absolute Gasteiger partial charge is 0.243 e. The number of amides is 1. The zero-order chi connectivity index (χ0) is 22.0. The number of sulfonamides is 1. The summed E-state index contributed by atoms with van der Waals surface area (Å²) in [6.45, 7) is 5.29. The number of hydrogen-bond acceptors (Lipinski definition) is 3. The molecule has 0 saturated carbocycles. The Kier molecular flexibility index (Phi) is 6.16. The zero-order valence-electron chi connectivity index (χ0n) is 18.0. The molecular formula is C24H29N3O3S. The Morgan fingerprint density at radius 2 is 1.74 bits per heavy atom. The summed E-state index contributed by atoms with van der Waals surface area (Å²) in [4.78, 5) is 15.9. The molecule has 2 atom stereocenters. The minimum atomic E-state index is -3.52. The van der Waals surface area contributed by atoms with Crippen LogP contribution in [0.25, 0.3) is 10.9 Å². The number of nitrogens with zero attached hydrogens (tertiary/aromatic N) is 1. The van der Waals surface area contributed by atoms with E-state index < -0.39 is 10.0 Å². The third kappa shape index (κ3) is 4.83. The second-order valence-corrected chi connectivity index (χ2v) is 10.6. The Balaban J connectivity index is 1.37. The summed E-state index contributed by atoms with van der Waals surface area (Å²) in [7, 11) is -3.52. The van der Waals surface area contributed by atoms with Crippen molar-refractivity contribution in [2.75, 3.05) is 18.4 Å². The molecule has 0 spiro atoms. The van der Waals surface area contributed by atoms with Gasteiger partial charge in [-0.1, -0.05) is 32.0 Å². The first-order valence-corrected chi connectivity index (χ1v) is 12.2. The molecule has 4 rings (SSSR count). The molecule has 164 valence electrons. The fourth-order valence-corrected chi connectivity index (χ4v) is 6.15. The first kappa shape index (κ1) is 21.6. The highest BCUT2D eigenvalue weighted by atomic mass is 32.2. The SMILES string of the molecule is C[C@@H]1C[C@H](C)CN(S(=O)(=O)c2ccc(NC(=O)CCc3c[nH]c4ccccc34)cc2)C1. The average molecular weight is 440 g/mol. The van der Waals surface area contributed by atoms with E-state index in [-0.39, 0.29) is 10.8 Å². The Bertz CT molecular complexity index is 1160. The number of piperidine rings is 1. The minimum absolute atomic E-state index is 0.0976. The van der Waals surface area contributed by atoms with E-state index in [4.69, 9.17) is 0 Å². The normalized spacial score (nSPS) is 20.1. The quantitative estimate of drug-likeness (QED) is 0.597. The van der Waals surface area contributed by atoms with Crippen LogP contribution in [0.15, 0.2) is 59.6 Å². The van der Waals surface area contributed by atoms with Gasteiger partial charge in [-0.05, 0) is 60.6 Å². The van der Waals surface area contributed by atoms with Crippen molar-refractivity contribution < 1.29 is 13.2 Å². The molecule has 2 aromatic carbocycles. The summed E-state index contributed by atoms with van der Waals surface area (Å²) in [5.41, 5.74) is 2.77. The molecular weight excluding hydrogens is 410 g/mol. The van der Waals surface area contributed by atoms with Crippen LogP contribution < -0.4 is 5.32 Å². The predicted molar refractivity (Wildman–Crippen MR) is 123 cm³/mol. The molecule has 1 fully saturated rings. The Labute approximate surface area is 183 Å². The maximum absolute atomic E-state index is 13.0. The van der Waals surface area contributed by atoms with Gasteiger partial charge in [0.2, 0.25) is 15.9 Å². The number of aryl methyl sites for hydroxylation is 1. The van der Waals surface area contributed by atoms with Gasteiger partial charge in [0.25, 0.3) is 0 Å². The Morgan fingerprint density at radius 3 is 2.45 bits per heavy atom. The van der Waals surface area contributed by atoms with E-state index >= 15 is 0 Å². The van der Waals surface area contributed by atoms with Gasteiger partial charge in [0.1, 0.15) is 0 Å². The molecule has 0 unspecified atom stereocenters. The molecule has 31 heavy (non-hydrogen) atoms. The molecule has 1 amide bonds. The van der Waals surface area contributed by atoms with E-state index in [1.165, 1.54) is 0 Å². The van der Waals surface area contributed by atoms with E-state index in [9.17, 15) is 13.2 Å². The van der Waals surface area contributed by atoms with Crippen LogP contribution in [0.4, 0.5) is 5.69 Å². The van der Waals surface area contributed by atoms with Crippen molar-refractivity contribution in [1.29, 1.82) is 0 Å². The number of fused-ring (bicyclic) bond motifs is 1. The Morgan fingerprint density at radius 1 is 1.06 bits per heavy atom. The van der Waals surface area contributed by atoms with Crippen LogP contribution in [-0.2, 0) is 21.2 Å². The standard InChI is InChI=1S/C24H29N3O3S/c1-17-13-18(2)16-27(15-17)31(29,30)21-10-8-20(9-11-21)26-24(28)12-7-19-14-25-23-6-4-3-5-22(19)23/h3-6,8-11,14,17-18,25H,7,12-13,15-16H2,1-2H3,(H,26,28)/t17-,18+. The number of anilines is 1. The van der Waals surface area contributed by atoms with Crippen molar-refractivity contribution in [2.45, 2.75) is 38.0 Å². The van der Waals surface area contributed by atoms with E-state index in [0.717, 1.165) is 22.9 Å².